The number of piperazine rings is 1. The maximum atomic E-state index is 5.87. The second-order valence-corrected chi connectivity index (χ2v) is 6.30. The molecule has 0 spiro atoms. The molecule has 3 rings (SSSR count). The molecule has 2 heterocycles. The molecule has 4 heteroatoms. The minimum atomic E-state index is 0.766. The van der Waals surface area contributed by atoms with Gasteiger partial charge in [0.15, 0.2) is 0 Å². The van der Waals surface area contributed by atoms with Crippen molar-refractivity contribution in [2.24, 2.45) is 0 Å². The standard InChI is InChI=1S/C18H28N2O2/c1-2-13-21-17-5-7-18(8-6-17)22-14-12-19-10-11-20-9-3-4-16(20)15-19/h5-8,16H,2-4,9-15H2,1H3. The second-order valence-electron chi connectivity index (χ2n) is 6.30. The quantitative estimate of drug-likeness (QED) is 0.773. The first-order valence-electron chi connectivity index (χ1n) is 8.67. The molecule has 0 aliphatic carbocycles. The Balaban J connectivity index is 1.37. The number of fused-ring (bicyclic) bond motifs is 1. The van der Waals surface area contributed by atoms with Gasteiger partial charge in [0.05, 0.1) is 6.61 Å². The normalized spacial score (nSPS) is 22.5. The highest BCUT2D eigenvalue weighted by molar-refractivity contribution is 5.31. The predicted molar refractivity (Wildman–Crippen MR) is 88.8 cm³/mol. The Hall–Kier alpha value is -1.26. The van der Waals surface area contributed by atoms with Crippen LogP contribution in [-0.4, -0.2) is 61.8 Å². The molecule has 0 saturated carbocycles. The first-order chi connectivity index (χ1) is 10.8. The zero-order valence-electron chi connectivity index (χ0n) is 13.7. The molecule has 1 aromatic rings. The average Bonchev–Trinajstić information content (AvgIpc) is 3.02. The number of benzene rings is 1. The van der Waals surface area contributed by atoms with E-state index in [9.17, 15) is 0 Å². The van der Waals surface area contributed by atoms with Crippen molar-refractivity contribution in [3.05, 3.63) is 24.3 Å². The highest BCUT2D eigenvalue weighted by atomic mass is 16.5. The van der Waals surface area contributed by atoms with Crippen LogP contribution in [0.2, 0.25) is 0 Å². The van der Waals surface area contributed by atoms with Gasteiger partial charge in [-0.05, 0) is 50.1 Å². The molecule has 0 radical (unpaired) electrons. The zero-order chi connectivity index (χ0) is 15.2. The van der Waals surface area contributed by atoms with Crippen LogP contribution in [0, 0.1) is 0 Å². The fraction of sp³-hybridized carbons (Fsp3) is 0.667. The van der Waals surface area contributed by atoms with Gasteiger partial charge in [0.25, 0.3) is 0 Å². The van der Waals surface area contributed by atoms with Gasteiger partial charge < -0.3 is 9.47 Å². The van der Waals surface area contributed by atoms with Gasteiger partial charge in [-0.25, -0.2) is 0 Å². The maximum absolute atomic E-state index is 5.87. The van der Waals surface area contributed by atoms with Crippen molar-refractivity contribution in [1.29, 1.82) is 0 Å². The van der Waals surface area contributed by atoms with E-state index in [2.05, 4.69) is 16.7 Å². The van der Waals surface area contributed by atoms with E-state index in [0.717, 1.165) is 43.7 Å². The van der Waals surface area contributed by atoms with Gasteiger partial charge in [0, 0.05) is 32.2 Å². The Kier molecular flexibility index (Phi) is 5.57. The first-order valence-corrected chi connectivity index (χ1v) is 8.67. The topological polar surface area (TPSA) is 24.9 Å². The van der Waals surface area contributed by atoms with Crippen molar-refractivity contribution in [3.8, 4) is 11.5 Å². The highest BCUT2D eigenvalue weighted by Crippen LogP contribution is 2.21. The van der Waals surface area contributed by atoms with Gasteiger partial charge in [-0.15, -0.1) is 0 Å². The largest absolute Gasteiger partial charge is 0.494 e. The molecule has 1 atom stereocenters. The lowest BCUT2D eigenvalue weighted by Crippen LogP contribution is -2.50. The lowest BCUT2D eigenvalue weighted by Gasteiger charge is -2.37. The summed E-state index contributed by atoms with van der Waals surface area (Å²) < 4.78 is 11.5. The summed E-state index contributed by atoms with van der Waals surface area (Å²) in [5.41, 5.74) is 0. The van der Waals surface area contributed by atoms with E-state index in [1.807, 2.05) is 24.3 Å². The molecule has 0 N–H and O–H groups in total. The van der Waals surface area contributed by atoms with Gasteiger partial charge >= 0.3 is 0 Å². The molecule has 0 amide bonds. The van der Waals surface area contributed by atoms with E-state index in [4.69, 9.17) is 9.47 Å². The van der Waals surface area contributed by atoms with Gasteiger partial charge in [-0.2, -0.15) is 0 Å². The molecule has 0 aromatic heterocycles. The predicted octanol–water partition coefficient (Wildman–Crippen LogP) is 2.63. The summed E-state index contributed by atoms with van der Waals surface area (Å²) >= 11 is 0. The SMILES string of the molecule is CCCOc1ccc(OCCN2CCN3CCCC3C2)cc1. The number of hydrogen-bond donors (Lipinski definition) is 0. The Morgan fingerprint density at radius 1 is 1.00 bits per heavy atom. The number of rotatable bonds is 7. The summed E-state index contributed by atoms with van der Waals surface area (Å²) in [6, 6.07) is 8.77. The number of ether oxygens (including phenoxy) is 2. The average molecular weight is 304 g/mol. The second kappa shape index (κ2) is 7.84. The van der Waals surface area contributed by atoms with Gasteiger partial charge in [0.2, 0.25) is 0 Å². The summed E-state index contributed by atoms with van der Waals surface area (Å²) in [5.74, 6) is 1.86. The molecule has 2 saturated heterocycles. The van der Waals surface area contributed by atoms with Crippen LogP contribution in [0.15, 0.2) is 24.3 Å². The van der Waals surface area contributed by atoms with Crippen molar-refractivity contribution in [2.45, 2.75) is 32.2 Å². The Bertz CT molecular complexity index is 449. The minimum absolute atomic E-state index is 0.766. The third-order valence-electron chi connectivity index (χ3n) is 4.64. The van der Waals surface area contributed by atoms with Crippen molar-refractivity contribution < 1.29 is 9.47 Å². The smallest absolute Gasteiger partial charge is 0.119 e. The van der Waals surface area contributed by atoms with Crippen molar-refractivity contribution >= 4 is 0 Å². The Morgan fingerprint density at radius 2 is 1.73 bits per heavy atom. The van der Waals surface area contributed by atoms with Crippen LogP contribution < -0.4 is 9.47 Å². The van der Waals surface area contributed by atoms with Crippen LogP contribution in [0.3, 0.4) is 0 Å². The third kappa shape index (κ3) is 4.14. The maximum Gasteiger partial charge on any atom is 0.119 e. The Morgan fingerprint density at radius 3 is 2.45 bits per heavy atom. The first kappa shape index (κ1) is 15.6. The van der Waals surface area contributed by atoms with E-state index in [1.165, 1.54) is 39.0 Å². The van der Waals surface area contributed by atoms with Crippen molar-refractivity contribution in [3.63, 3.8) is 0 Å². The number of nitrogens with zero attached hydrogens (tertiary/aromatic N) is 2. The van der Waals surface area contributed by atoms with Crippen molar-refractivity contribution in [1.82, 2.24) is 9.80 Å². The summed E-state index contributed by atoms with van der Waals surface area (Å²) in [4.78, 5) is 5.19. The lowest BCUT2D eigenvalue weighted by molar-refractivity contribution is 0.0923. The minimum Gasteiger partial charge on any atom is -0.494 e. The highest BCUT2D eigenvalue weighted by Gasteiger charge is 2.30. The summed E-state index contributed by atoms with van der Waals surface area (Å²) in [7, 11) is 0. The fourth-order valence-electron chi connectivity index (χ4n) is 3.40. The molecule has 4 nitrogen and oxygen atoms in total. The monoisotopic (exact) mass is 304 g/mol. The third-order valence-corrected chi connectivity index (χ3v) is 4.64. The molecule has 22 heavy (non-hydrogen) atoms. The van der Waals surface area contributed by atoms with Crippen LogP contribution in [0.1, 0.15) is 26.2 Å². The van der Waals surface area contributed by atoms with E-state index in [0.29, 0.717) is 0 Å². The molecule has 122 valence electrons. The van der Waals surface area contributed by atoms with Gasteiger partial charge in [-0.1, -0.05) is 6.92 Å². The van der Waals surface area contributed by atoms with Gasteiger partial charge in [-0.3, -0.25) is 9.80 Å². The van der Waals surface area contributed by atoms with Crippen LogP contribution in [0.4, 0.5) is 0 Å². The van der Waals surface area contributed by atoms with Gasteiger partial charge in [0.1, 0.15) is 18.1 Å². The van der Waals surface area contributed by atoms with E-state index in [-0.39, 0.29) is 0 Å². The zero-order valence-corrected chi connectivity index (χ0v) is 13.7. The van der Waals surface area contributed by atoms with E-state index in [1.54, 1.807) is 0 Å². The molecular formula is C18H28N2O2. The molecule has 2 fully saturated rings. The van der Waals surface area contributed by atoms with Crippen LogP contribution in [0.5, 0.6) is 11.5 Å². The van der Waals surface area contributed by atoms with Crippen molar-refractivity contribution in [2.75, 3.05) is 45.9 Å². The molecule has 1 aromatic carbocycles. The Labute approximate surface area is 134 Å². The summed E-state index contributed by atoms with van der Waals surface area (Å²) in [6.45, 7) is 9.61. The molecule has 2 aliphatic heterocycles. The summed E-state index contributed by atoms with van der Waals surface area (Å²) in [5, 5.41) is 0. The fourth-order valence-corrected chi connectivity index (χ4v) is 3.40. The van der Waals surface area contributed by atoms with Crippen LogP contribution in [-0.2, 0) is 0 Å². The van der Waals surface area contributed by atoms with E-state index >= 15 is 0 Å². The molecular weight excluding hydrogens is 276 g/mol. The molecule has 1 unspecified atom stereocenters. The molecule has 2 aliphatic rings. The summed E-state index contributed by atoms with van der Waals surface area (Å²) in [6.07, 6.45) is 3.78. The van der Waals surface area contributed by atoms with Crippen LogP contribution in [0.25, 0.3) is 0 Å². The molecule has 0 bridgehead atoms. The van der Waals surface area contributed by atoms with E-state index < -0.39 is 0 Å². The lowest BCUT2D eigenvalue weighted by atomic mass is 10.1. The number of hydrogen-bond acceptors (Lipinski definition) is 4. The van der Waals surface area contributed by atoms with Crippen LogP contribution >= 0.6 is 0 Å².